The Bertz CT molecular complexity index is 576. The summed E-state index contributed by atoms with van der Waals surface area (Å²) in [7, 11) is 0. The molecule has 1 aromatic heterocycles. The summed E-state index contributed by atoms with van der Waals surface area (Å²) in [4.78, 5) is 0. The average molecular weight is 283 g/mol. The Hall–Kier alpha value is -1.39. The number of rotatable bonds is 3. The second-order valence-corrected chi connectivity index (χ2v) is 5.37. The fraction of sp³-hybridized carbons (Fsp3) is 0.357. The van der Waals surface area contributed by atoms with E-state index in [9.17, 15) is 9.50 Å². The highest BCUT2D eigenvalue weighted by Gasteiger charge is 2.33. The highest BCUT2D eigenvalue weighted by Crippen LogP contribution is 2.35. The van der Waals surface area contributed by atoms with Crippen molar-refractivity contribution in [3.63, 3.8) is 0 Å². The molecule has 0 fully saturated rings. The molecule has 2 rings (SSSR count). The lowest BCUT2D eigenvalue weighted by molar-refractivity contribution is 0.0900. The summed E-state index contributed by atoms with van der Waals surface area (Å²) in [6, 6.07) is 5.78. The van der Waals surface area contributed by atoms with Gasteiger partial charge in [0.05, 0.1) is 16.9 Å². The van der Waals surface area contributed by atoms with Gasteiger partial charge in [-0.1, -0.05) is 23.7 Å². The molecule has 0 aliphatic carbocycles. The van der Waals surface area contributed by atoms with Gasteiger partial charge < -0.3 is 5.11 Å². The zero-order valence-corrected chi connectivity index (χ0v) is 11.8. The van der Waals surface area contributed by atoms with Crippen molar-refractivity contribution in [3.05, 3.63) is 52.6 Å². The molecule has 0 saturated carbocycles. The first-order valence-electron chi connectivity index (χ1n) is 6.06. The topological polar surface area (TPSA) is 38.0 Å². The molecule has 0 spiro atoms. The molecule has 3 nitrogen and oxygen atoms in total. The Morgan fingerprint density at radius 3 is 2.42 bits per heavy atom. The van der Waals surface area contributed by atoms with Crippen molar-refractivity contribution in [1.29, 1.82) is 0 Å². The van der Waals surface area contributed by atoms with Crippen molar-refractivity contribution in [2.24, 2.45) is 0 Å². The van der Waals surface area contributed by atoms with Crippen molar-refractivity contribution < 1.29 is 9.50 Å². The van der Waals surface area contributed by atoms with Crippen molar-refractivity contribution >= 4 is 11.6 Å². The number of hydrogen-bond acceptors (Lipinski definition) is 2. The monoisotopic (exact) mass is 282 g/mol. The third kappa shape index (κ3) is 2.51. The fourth-order valence-electron chi connectivity index (χ4n) is 2.10. The minimum absolute atomic E-state index is 0.0643. The van der Waals surface area contributed by atoms with Gasteiger partial charge in [0.25, 0.3) is 0 Å². The quantitative estimate of drug-likeness (QED) is 0.935. The maximum atomic E-state index is 13.0. The summed E-state index contributed by atoms with van der Waals surface area (Å²) in [6.07, 6.45) is 1.51. The maximum Gasteiger partial charge on any atom is 0.130 e. The van der Waals surface area contributed by atoms with Gasteiger partial charge in [0.15, 0.2) is 0 Å². The first-order valence-corrected chi connectivity index (χ1v) is 6.43. The number of aromatic nitrogens is 2. The molecule has 0 aliphatic rings. The average Bonchev–Trinajstić information content (AvgIpc) is 2.72. The van der Waals surface area contributed by atoms with Crippen LogP contribution in [0.5, 0.6) is 0 Å². The van der Waals surface area contributed by atoms with Crippen molar-refractivity contribution in [2.75, 3.05) is 0 Å². The Morgan fingerprint density at radius 2 is 1.89 bits per heavy atom. The van der Waals surface area contributed by atoms with E-state index in [2.05, 4.69) is 5.10 Å². The van der Waals surface area contributed by atoms with Crippen LogP contribution in [0.15, 0.2) is 30.5 Å². The molecule has 0 amide bonds. The van der Waals surface area contributed by atoms with Crippen molar-refractivity contribution in [1.82, 2.24) is 9.78 Å². The van der Waals surface area contributed by atoms with E-state index in [0.717, 1.165) is 0 Å². The fourth-order valence-corrected chi connectivity index (χ4v) is 2.41. The highest BCUT2D eigenvalue weighted by atomic mass is 35.5. The molecule has 5 heteroatoms. The smallest absolute Gasteiger partial charge is 0.130 e. The summed E-state index contributed by atoms with van der Waals surface area (Å²) in [5, 5.41) is 15.3. The summed E-state index contributed by atoms with van der Waals surface area (Å²) in [5.74, 6) is -0.344. The maximum absolute atomic E-state index is 13.0. The first kappa shape index (κ1) is 14.0. The van der Waals surface area contributed by atoms with Gasteiger partial charge >= 0.3 is 0 Å². The predicted octanol–water partition coefficient (Wildman–Crippen LogP) is 3.51. The molecular formula is C14H16ClFN2O. The van der Waals surface area contributed by atoms with Crippen molar-refractivity contribution in [2.45, 2.75) is 32.4 Å². The molecule has 1 heterocycles. The van der Waals surface area contributed by atoms with Gasteiger partial charge in [-0.2, -0.15) is 5.10 Å². The van der Waals surface area contributed by atoms with Crippen LogP contribution in [0.1, 0.15) is 38.1 Å². The van der Waals surface area contributed by atoms with Crippen LogP contribution in [0.25, 0.3) is 0 Å². The summed E-state index contributed by atoms with van der Waals surface area (Å²) in [6.45, 7) is 5.53. The molecule has 1 unspecified atom stereocenters. The Labute approximate surface area is 116 Å². The van der Waals surface area contributed by atoms with Crippen LogP contribution >= 0.6 is 11.6 Å². The molecule has 0 aliphatic heterocycles. The standard InChI is InChI=1S/C14H16ClFN2O/c1-9(2)18-13(12(15)8-17-18)14(3,19)10-4-6-11(16)7-5-10/h4-9,19H,1-3H3. The number of aliphatic hydroxyl groups is 1. The Morgan fingerprint density at radius 1 is 1.32 bits per heavy atom. The Kier molecular flexibility index (Phi) is 3.65. The third-order valence-electron chi connectivity index (χ3n) is 3.11. The number of halogens is 2. The SMILES string of the molecule is CC(C)n1ncc(Cl)c1C(C)(O)c1ccc(F)cc1. The summed E-state index contributed by atoms with van der Waals surface area (Å²) in [5.41, 5.74) is -0.250. The predicted molar refractivity (Wildman–Crippen MR) is 72.7 cm³/mol. The van der Waals surface area contributed by atoms with E-state index < -0.39 is 5.60 Å². The number of nitrogens with zero attached hydrogens (tertiary/aromatic N) is 2. The minimum Gasteiger partial charge on any atom is -0.379 e. The van der Waals surface area contributed by atoms with Crippen LogP contribution in [0, 0.1) is 5.82 Å². The normalized spacial score (nSPS) is 14.7. The molecule has 0 saturated heterocycles. The molecule has 0 radical (unpaired) electrons. The van der Waals surface area contributed by atoms with Crippen LogP contribution in [-0.2, 0) is 5.60 Å². The van der Waals surface area contributed by atoms with E-state index in [-0.39, 0.29) is 11.9 Å². The van der Waals surface area contributed by atoms with Crippen LogP contribution in [0.3, 0.4) is 0 Å². The lowest BCUT2D eigenvalue weighted by atomic mass is 9.92. The molecule has 1 N–H and O–H groups in total. The van der Waals surface area contributed by atoms with Crippen LogP contribution < -0.4 is 0 Å². The largest absolute Gasteiger partial charge is 0.379 e. The van der Waals surface area contributed by atoms with Crippen molar-refractivity contribution in [3.8, 4) is 0 Å². The molecule has 102 valence electrons. The van der Waals surface area contributed by atoms with Crippen LogP contribution in [-0.4, -0.2) is 14.9 Å². The van der Waals surface area contributed by atoms with E-state index in [1.165, 1.54) is 18.3 Å². The second kappa shape index (κ2) is 4.94. The van der Waals surface area contributed by atoms with E-state index in [1.54, 1.807) is 23.7 Å². The lowest BCUT2D eigenvalue weighted by Gasteiger charge is -2.27. The van der Waals surface area contributed by atoms with Gasteiger partial charge in [-0.05, 0) is 38.5 Å². The van der Waals surface area contributed by atoms with Gasteiger partial charge in [0, 0.05) is 6.04 Å². The van der Waals surface area contributed by atoms with E-state index in [0.29, 0.717) is 16.3 Å². The molecule has 1 atom stereocenters. The number of benzene rings is 1. The van der Waals surface area contributed by atoms with E-state index in [1.807, 2.05) is 13.8 Å². The van der Waals surface area contributed by atoms with Gasteiger partial charge in [-0.15, -0.1) is 0 Å². The van der Waals surface area contributed by atoms with Gasteiger partial charge in [0.1, 0.15) is 11.4 Å². The summed E-state index contributed by atoms with van der Waals surface area (Å²) < 4.78 is 14.7. The lowest BCUT2D eigenvalue weighted by Crippen LogP contribution is -2.28. The number of hydrogen-bond donors (Lipinski definition) is 1. The zero-order chi connectivity index (χ0) is 14.2. The molecule has 19 heavy (non-hydrogen) atoms. The minimum atomic E-state index is -1.33. The highest BCUT2D eigenvalue weighted by molar-refractivity contribution is 6.31. The van der Waals surface area contributed by atoms with Gasteiger partial charge in [0.2, 0.25) is 0 Å². The molecule has 2 aromatic rings. The summed E-state index contributed by atoms with van der Waals surface area (Å²) >= 11 is 6.14. The zero-order valence-electron chi connectivity index (χ0n) is 11.1. The molecule has 0 bridgehead atoms. The van der Waals surface area contributed by atoms with Crippen LogP contribution in [0.4, 0.5) is 4.39 Å². The van der Waals surface area contributed by atoms with Gasteiger partial charge in [-0.3, -0.25) is 4.68 Å². The second-order valence-electron chi connectivity index (χ2n) is 4.96. The van der Waals surface area contributed by atoms with Gasteiger partial charge in [-0.25, -0.2) is 4.39 Å². The first-order chi connectivity index (χ1) is 8.84. The molecular weight excluding hydrogens is 267 g/mol. The Balaban J connectivity index is 2.55. The third-order valence-corrected chi connectivity index (χ3v) is 3.38. The van der Waals surface area contributed by atoms with E-state index >= 15 is 0 Å². The molecule has 1 aromatic carbocycles. The van der Waals surface area contributed by atoms with E-state index in [4.69, 9.17) is 11.6 Å². The van der Waals surface area contributed by atoms with Crippen LogP contribution in [0.2, 0.25) is 5.02 Å².